The molecule has 1 aromatic carbocycles. The van der Waals surface area contributed by atoms with E-state index in [1.165, 1.54) is 0 Å². The van der Waals surface area contributed by atoms with Crippen LogP contribution in [-0.4, -0.2) is 24.3 Å². The molecule has 1 atom stereocenters. The predicted octanol–water partition coefficient (Wildman–Crippen LogP) is 3.14. The molecule has 1 saturated heterocycles. The molecule has 2 heterocycles. The Labute approximate surface area is 131 Å². The zero-order valence-corrected chi connectivity index (χ0v) is 13.2. The Morgan fingerprint density at radius 2 is 2.19 bits per heavy atom. The van der Waals surface area contributed by atoms with E-state index < -0.39 is 0 Å². The maximum absolute atomic E-state index is 5.99. The molecule has 3 rings (SSSR count). The maximum Gasteiger partial charge on any atom is 0.132 e. The number of amidine groups is 2. The van der Waals surface area contributed by atoms with Gasteiger partial charge in [0.2, 0.25) is 0 Å². The number of aliphatic imine (C=N–C) groups is 2. The lowest BCUT2D eigenvalue weighted by Gasteiger charge is -2.05. The van der Waals surface area contributed by atoms with E-state index in [0.29, 0.717) is 6.42 Å². The summed E-state index contributed by atoms with van der Waals surface area (Å²) in [7, 11) is 0. The standard InChI is InChI=1S/C14H15ClN4.C2H6/c1-9-17-12-5-6-16-13(19-14(12)18-9)8-10-3-2-4-11(15)7-10;1-2/h2-4,7,12,17H,1,5-6,8H2,(H,16,18,19);1-2H3. The summed E-state index contributed by atoms with van der Waals surface area (Å²) in [6.45, 7) is 8.64. The van der Waals surface area contributed by atoms with Crippen molar-refractivity contribution in [3.05, 3.63) is 47.3 Å². The van der Waals surface area contributed by atoms with Gasteiger partial charge in [-0.05, 0) is 24.1 Å². The minimum Gasteiger partial charge on any atom is -0.362 e. The lowest BCUT2D eigenvalue weighted by Crippen LogP contribution is -2.28. The number of fused-ring (bicyclic) bond motifs is 1. The van der Waals surface area contributed by atoms with Crippen molar-refractivity contribution in [1.82, 2.24) is 10.6 Å². The number of halogens is 1. The van der Waals surface area contributed by atoms with Crippen molar-refractivity contribution in [2.24, 2.45) is 9.98 Å². The average molecular weight is 305 g/mol. The SMILES string of the molecule is C=C1NC2=NC(Cc3cccc(Cl)c3)=NCCC2N1.CC. The van der Waals surface area contributed by atoms with Gasteiger partial charge in [0.15, 0.2) is 0 Å². The largest absolute Gasteiger partial charge is 0.362 e. The molecule has 1 fully saturated rings. The monoisotopic (exact) mass is 304 g/mol. The van der Waals surface area contributed by atoms with Crippen molar-refractivity contribution >= 4 is 23.3 Å². The van der Waals surface area contributed by atoms with Gasteiger partial charge in [0.25, 0.3) is 0 Å². The fourth-order valence-electron chi connectivity index (χ4n) is 2.29. The summed E-state index contributed by atoms with van der Waals surface area (Å²) in [4.78, 5) is 9.13. The Kier molecular flexibility index (Phi) is 5.39. The first-order valence-electron chi connectivity index (χ1n) is 7.29. The van der Waals surface area contributed by atoms with E-state index >= 15 is 0 Å². The van der Waals surface area contributed by atoms with Crippen LogP contribution >= 0.6 is 11.6 Å². The molecule has 1 aromatic rings. The third kappa shape index (κ3) is 4.08. The average Bonchev–Trinajstić information content (AvgIpc) is 2.71. The van der Waals surface area contributed by atoms with Gasteiger partial charge in [0.1, 0.15) is 11.7 Å². The van der Waals surface area contributed by atoms with Gasteiger partial charge in [-0.15, -0.1) is 0 Å². The van der Waals surface area contributed by atoms with Crippen LogP contribution in [0.4, 0.5) is 0 Å². The van der Waals surface area contributed by atoms with E-state index in [0.717, 1.165) is 41.0 Å². The van der Waals surface area contributed by atoms with Gasteiger partial charge in [0.05, 0.1) is 11.9 Å². The zero-order valence-electron chi connectivity index (χ0n) is 12.5. The van der Waals surface area contributed by atoms with Crippen molar-refractivity contribution in [2.45, 2.75) is 32.7 Å². The number of rotatable bonds is 2. The first-order chi connectivity index (χ1) is 10.2. The van der Waals surface area contributed by atoms with Gasteiger partial charge in [-0.3, -0.25) is 4.99 Å². The molecule has 0 radical (unpaired) electrons. The van der Waals surface area contributed by atoms with Crippen molar-refractivity contribution in [3.63, 3.8) is 0 Å². The van der Waals surface area contributed by atoms with Crippen LogP contribution in [-0.2, 0) is 6.42 Å². The number of benzene rings is 1. The molecule has 0 aliphatic carbocycles. The number of hydrogen-bond acceptors (Lipinski definition) is 4. The quantitative estimate of drug-likeness (QED) is 0.882. The Bertz CT molecular complexity index is 577. The molecule has 4 nitrogen and oxygen atoms in total. The van der Waals surface area contributed by atoms with Crippen LogP contribution in [0, 0.1) is 0 Å². The van der Waals surface area contributed by atoms with Crippen LogP contribution in [0.3, 0.4) is 0 Å². The molecule has 2 aliphatic heterocycles. The number of hydrogen-bond donors (Lipinski definition) is 2. The smallest absolute Gasteiger partial charge is 0.132 e. The van der Waals surface area contributed by atoms with Crippen molar-refractivity contribution in [3.8, 4) is 0 Å². The molecule has 0 amide bonds. The van der Waals surface area contributed by atoms with E-state index in [-0.39, 0.29) is 6.04 Å². The molecular formula is C16H21ClN4. The maximum atomic E-state index is 5.99. The third-order valence-corrected chi connectivity index (χ3v) is 3.41. The lowest BCUT2D eigenvalue weighted by molar-refractivity contribution is 0.688. The van der Waals surface area contributed by atoms with Crippen LogP contribution in [0.1, 0.15) is 25.8 Å². The molecule has 0 saturated carbocycles. The summed E-state index contributed by atoms with van der Waals surface area (Å²) >= 11 is 5.99. The topological polar surface area (TPSA) is 48.8 Å². The number of nitrogens with zero attached hydrogens (tertiary/aromatic N) is 2. The Hall–Kier alpha value is -1.81. The van der Waals surface area contributed by atoms with E-state index in [9.17, 15) is 0 Å². The minimum absolute atomic E-state index is 0.216. The Morgan fingerprint density at radius 1 is 1.38 bits per heavy atom. The Morgan fingerprint density at radius 3 is 2.95 bits per heavy atom. The van der Waals surface area contributed by atoms with Crippen LogP contribution < -0.4 is 10.6 Å². The van der Waals surface area contributed by atoms with Crippen molar-refractivity contribution < 1.29 is 0 Å². The second kappa shape index (κ2) is 7.27. The highest BCUT2D eigenvalue weighted by Gasteiger charge is 2.25. The molecule has 21 heavy (non-hydrogen) atoms. The molecule has 1 unspecified atom stereocenters. The highest BCUT2D eigenvalue weighted by Crippen LogP contribution is 2.14. The molecule has 5 heteroatoms. The summed E-state index contributed by atoms with van der Waals surface area (Å²) in [5, 5.41) is 7.16. The molecule has 0 aromatic heterocycles. The molecule has 0 bridgehead atoms. The van der Waals surface area contributed by atoms with Crippen molar-refractivity contribution in [2.75, 3.05) is 6.54 Å². The number of nitrogens with one attached hydrogen (secondary N) is 2. The molecule has 112 valence electrons. The second-order valence-electron chi connectivity index (χ2n) is 4.69. The van der Waals surface area contributed by atoms with Gasteiger partial charge >= 0.3 is 0 Å². The van der Waals surface area contributed by atoms with Gasteiger partial charge in [0, 0.05) is 18.0 Å². The van der Waals surface area contributed by atoms with Gasteiger partial charge in [-0.25, -0.2) is 4.99 Å². The fraction of sp³-hybridized carbons (Fsp3) is 0.375. The Balaban J connectivity index is 0.000000774. The summed E-state index contributed by atoms with van der Waals surface area (Å²) < 4.78 is 0. The molecule has 2 N–H and O–H groups in total. The lowest BCUT2D eigenvalue weighted by atomic mass is 10.1. The van der Waals surface area contributed by atoms with Crippen molar-refractivity contribution in [1.29, 1.82) is 0 Å². The zero-order chi connectivity index (χ0) is 15.2. The van der Waals surface area contributed by atoms with Gasteiger partial charge in [-0.1, -0.05) is 44.2 Å². The summed E-state index contributed by atoms with van der Waals surface area (Å²) in [5.74, 6) is 2.57. The molecule has 2 aliphatic rings. The third-order valence-electron chi connectivity index (χ3n) is 3.17. The van der Waals surface area contributed by atoms with Crippen LogP contribution in [0.15, 0.2) is 46.7 Å². The normalized spacial score (nSPS) is 20.0. The molecule has 0 spiro atoms. The second-order valence-corrected chi connectivity index (χ2v) is 5.13. The van der Waals surface area contributed by atoms with E-state index in [4.69, 9.17) is 11.6 Å². The van der Waals surface area contributed by atoms with Gasteiger partial charge in [-0.2, -0.15) is 0 Å². The summed E-state index contributed by atoms with van der Waals surface area (Å²) in [6.07, 6.45) is 1.63. The predicted molar refractivity (Wildman–Crippen MR) is 90.1 cm³/mol. The first kappa shape index (κ1) is 15.6. The highest BCUT2D eigenvalue weighted by atomic mass is 35.5. The van der Waals surface area contributed by atoms with Gasteiger partial charge < -0.3 is 10.6 Å². The van der Waals surface area contributed by atoms with E-state index in [1.54, 1.807) is 0 Å². The fourth-order valence-corrected chi connectivity index (χ4v) is 2.51. The molecular weight excluding hydrogens is 284 g/mol. The minimum atomic E-state index is 0.216. The first-order valence-corrected chi connectivity index (χ1v) is 7.67. The van der Waals surface area contributed by atoms with Crippen LogP contribution in [0.2, 0.25) is 5.02 Å². The van der Waals surface area contributed by atoms with Crippen LogP contribution in [0.5, 0.6) is 0 Å². The van der Waals surface area contributed by atoms with E-state index in [2.05, 4.69) is 27.2 Å². The van der Waals surface area contributed by atoms with Crippen LogP contribution in [0.25, 0.3) is 0 Å². The highest BCUT2D eigenvalue weighted by molar-refractivity contribution is 6.30. The summed E-state index contributed by atoms with van der Waals surface area (Å²) in [5.41, 5.74) is 1.12. The van der Waals surface area contributed by atoms with E-state index in [1.807, 2.05) is 38.1 Å². The summed E-state index contributed by atoms with van der Waals surface area (Å²) in [6, 6.07) is 8.02.